The molecular weight excluding hydrogens is 198 g/mol. The average Bonchev–Trinajstić information content (AvgIpc) is 2.56. The Morgan fingerprint density at radius 1 is 1.44 bits per heavy atom. The lowest BCUT2D eigenvalue weighted by Crippen LogP contribution is -2.34. The van der Waals surface area contributed by atoms with Gasteiger partial charge in [-0.15, -0.1) is 0 Å². The van der Waals surface area contributed by atoms with E-state index in [0.717, 1.165) is 12.8 Å². The molecule has 0 saturated carbocycles. The van der Waals surface area contributed by atoms with Crippen molar-refractivity contribution in [2.24, 2.45) is 0 Å². The molecule has 0 bridgehead atoms. The summed E-state index contributed by atoms with van der Waals surface area (Å²) >= 11 is 0. The number of hydrogen-bond acceptors (Lipinski definition) is 2. The van der Waals surface area contributed by atoms with Crippen LogP contribution in [0.5, 0.6) is 0 Å². The van der Waals surface area contributed by atoms with E-state index in [0.29, 0.717) is 24.8 Å². The van der Waals surface area contributed by atoms with Gasteiger partial charge in [0, 0.05) is 18.2 Å². The molecule has 0 aromatic heterocycles. The number of nitrogens with zero attached hydrogens (tertiary/aromatic N) is 1. The summed E-state index contributed by atoms with van der Waals surface area (Å²) in [7, 11) is 0. The van der Waals surface area contributed by atoms with Crippen molar-refractivity contribution in [1.29, 1.82) is 0 Å². The lowest BCUT2D eigenvalue weighted by Gasteiger charge is -2.23. The molecule has 1 aliphatic rings. The molecule has 0 aliphatic carbocycles. The van der Waals surface area contributed by atoms with Gasteiger partial charge in [-0.25, -0.2) is 0 Å². The summed E-state index contributed by atoms with van der Waals surface area (Å²) < 4.78 is 0. The van der Waals surface area contributed by atoms with Crippen molar-refractivity contribution >= 4 is 11.5 Å². The van der Waals surface area contributed by atoms with E-state index in [1.165, 1.54) is 11.3 Å². The highest BCUT2D eigenvalue weighted by Crippen LogP contribution is 2.31. The molecule has 1 aromatic carbocycles. The zero-order valence-corrected chi connectivity index (χ0v) is 10.1. The van der Waals surface area contributed by atoms with Gasteiger partial charge in [-0.1, -0.05) is 25.1 Å². The summed E-state index contributed by atoms with van der Waals surface area (Å²) in [5.74, 6) is 0.353. The molecule has 2 heteroatoms. The molecule has 1 aromatic rings. The third kappa shape index (κ3) is 2.11. The molecule has 1 heterocycles. The fourth-order valence-electron chi connectivity index (χ4n) is 2.42. The van der Waals surface area contributed by atoms with Crippen LogP contribution in [0.1, 0.15) is 32.3 Å². The molecule has 0 amide bonds. The third-order valence-electron chi connectivity index (χ3n) is 3.22. The minimum atomic E-state index is 0.353. The van der Waals surface area contributed by atoms with Gasteiger partial charge in [-0.2, -0.15) is 0 Å². The van der Waals surface area contributed by atoms with Crippen LogP contribution in [0, 0.1) is 0 Å². The lowest BCUT2D eigenvalue weighted by molar-refractivity contribution is -0.117. The van der Waals surface area contributed by atoms with E-state index in [1.54, 1.807) is 0 Å². The van der Waals surface area contributed by atoms with E-state index in [-0.39, 0.29) is 0 Å². The summed E-state index contributed by atoms with van der Waals surface area (Å²) in [5, 5.41) is 0. The molecule has 86 valence electrons. The Labute approximate surface area is 97.3 Å². The van der Waals surface area contributed by atoms with E-state index in [2.05, 4.69) is 36.9 Å². The molecule has 0 spiro atoms. The number of fused-ring (bicyclic) bond motifs is 1. The maximum absolute atomic E-state index is 11.7. The molecule has 2 nitrogen and oxygen atoms in total. The Hall–Kier alpha value is -1.31. The predicted octanol–water partition coefficient (Wildman–Crippen LogP) is 2.81. The number of hydrogen-bond donors (Lipinski definition) is 0. The first-order chi connectivity index (χ1) is 7.72. The minimum Gasteiger partial charge on any atom is -0.361 e. The summed E-state index contributed by atoms with van der Waals surface area (Å²) in [6.45, 7) is 4.82. The zero-order chi connectivity index (χ0) is 11.5. The van der Waals surface area contributed by atoms with Crippen LogP contribution < -0.4 is 4.90 Å². The van der Waals surface area contributed by atoms with Crippen LogP contribution in [0.4, 0.5) is 5.69 Å². The van der Waals surface area contributed by atoms with Crippen molar-refractivity contribution in [1.82, 2.24) is 0 Å². The molecule has 16 heavy (non-hydrogen) atoms. The van der Waals surface area contributed by atoms with Gasteiger partial charge >= 0.3 is 0 Å². The molecule has 0 fully saturated rings. The van der Waals surface area contributed by atoms with Gasteiger partial charge in [0.25, 0.3) is 0 Å². The van der Waals surface area contributed by atoms with Gasteiger partial charge in [0.2, 0.25) is 0 Å². The standard InChI is InChI=1S/C14H19NO/c1-3-6-13(16)10-15-11(2)9-12-7-4-5-8-14(12)15/h4-5,7-8,11H,3,6,9-10H2,1-2H3. The molecule has 0 N–H and O–H groups in total. The second kappa shape index (κ2) is 4.69. The van der Waals surface area contributed by atoms with E-state index in [4.69, 9.17) is 0 Å². The van der Waals surface area contributed by atoms with Gasteiger partial charge in [-0.3, -0.25) is 4.79 Å². The summed E-state index contributed by atoms with van der Waals surface area (Å²) in [5.41, 5.74) is 2.62. The van der Waals surface area contributed by atoms with E-state index in [9.17, 15) is 4.79 Å². The van der Waals surface area contributed by atoms with E-state index >= 15 is 0 Å². The van der Waals surface area contributed by atoms with Crippen LogP contribution in [0.15, 0.2) is 24.3 Å². The highest BCUT2D eigenvalue weighted by atomic mass is 16.1. The Bertz CT molecular complexity index is 386. The number of carbonyl (C=O) groups is 1. The fourth-order valence-corrected chi connectivity index (χ4v) is 2.42. The Kier molecular flexibility index (Phi) is 3.28. The van der Waals surface area contributed by atoms with Crippen LogP contribution in [0.2, 0.25) is 0 Å². The highest BCUT2D eigenvalue weighted by Gasteiger charge is 2.26. The SMILES string of the molecule is CCCC(=O)CN1c2ccccc2CC1C. The van der Waals surface area contributed by atoms with Gasteiger partial charge in [-0.05, 0) is 31.4 Å². The normalized spacial score (nSPS) is 18.6. The van der Waals surface area contributed by atoms with E-state index < -0.39 is 0 Å². The topological polar surface area (TPSA) is 20.3 Å². The second-order valence-electron chi connectivity index (χ2n) is 4.60. The van der Waals surface area contributed by atoms with Crippen molar-refractivity contribution in [2.75, 3.05) is 11.4 Å². The first kappa shape index (κ1) is 11.2. The number of carbonyl (C=O) groups excluding carboxylic acids is 1. The number of para-hydroxylation sites is 1. The van der Waals surface area contributed by atoms with Crippen LogP contribution in [0.3, 0.4) is 0 Å². The van der Waals surface area contributed by atoms with Crippen LogP contribution in [0.25, 0.3) is 0 Å². The van der Waals surface area contributed by atoms with Crippen molar-refractivity contribution in [3.63, 3.8) is 0 Å². The van der Waals surface area contributed by atoms with Gasteiger partial charge in [0.1, 0.15) is 0 Å². The predicted molar refractivity (Wildman–Crippen MR) is 66.9 cm³/mol. The fraction of sp³-hybridized carbons (Fsp3) is 0.500. The quantitative estimate of drug-likeness (QED) is 0.773. The van der Waals surface area contributed by atoms with Crippen molar-refractivity contribution in [3.8, 4) is 0 Å². The first-order valence-corrected chi connectivity index (χ1v) is 6.08. The average molecular weight is 217 g/mol. The monoisotopic (exact) mass is 217 g/mol. The Morgan fingerprint density at radius 2 is 2.19 bits per heavy atom. The van der Waals surface area contributed by atoms with Crippen LogP contribution >= 0.6 is 0 Å². The summed E-state index contributed by atoms with van der Waals surface area (Å²) in [6.07, 6.45) is 2.71. The zero-order valence-electron chi connectivity index (χ0n) is 10.1. The highest BCUT2D eigenvalue weighted by molar-refractivity contribution is 5.84. The summed E-state index contributed by atoms with van der Waals surface area (Å²) in [6, 6.07) is 8.86. The molecule has 0 radical (unpaired) electrons. The third-order valence-corrected chi connectivity index (χ3v) is 3.22. The van der Waals surface area contributed by atoms with Crippen LogP contribution in [-0.2, 0) is 11.2 Å². The minimum absolute atomic E-state index is 0.353. The number of benzene rings is 1. The molecular formula is C14H19NO. The van der Waals surface area contributed by atoms with Crippen LogP contribution in [-0.4, -0.2) is 18.4 Å². The number of anilines is 1. The number of ketones is 1. The molecule has 1 unspecified atom stereocenters. The largest absolute Gasteiger partial charge is 0.361 e. The summed E-state index contributed by atoms with van der Waals surface area (Å²) in [4.78, 5) is 14.0. The van der Waals surface area contributed by atoms with Crippen molar-refractivity contribution < 1.29 is 4.79 Å². The first-order valence-electron chi connectivity index (χ1n) is 6.08. The van der Waals surface area contributed by atoms with Gasteiger partial charge < -0.3 is 4.90 Å². The van der Waals surface area contributed by atoms with Crippen molar-refractivity contribution in [3.05, 3.63) is 29.8 Å². The molecule has 2 rings (SSSR count). The van der Waals surface area contributed by atoms with Gasteiger partial charge in [0.15, 0.2) is 5.78 Å². The maximum Gasteiger partial charge on any atom is 0.152 e. The Balaban J connectivity index is 2.13. The molecule has 0 saturated heterocycles. The number of rotatable bonds is 4. The van der Waals surface area contributed by atoms with E-state index in [1.807, 2.05) is 6.07 Å². The molecule has 1 aliphatic heterocycles. The lowest BCUT2D eigenvalue weighted by atomic mass is 10.1. The number of Topliss-reactive ketones (excluding diaryl/α,β-unsaturated/α-hetero) is 1. The Morgan fingerprint density at radius 3 is 2.94 bits per heavy atom. The molecule has 1 atom stereocenters. The van der Waals surface area contributed by atoms with Gasteiger partial charge in [0.05, 0.1) is 6.54 Å². The van der Waals surface area contributed by atoms with Crippen molar-refractivity contribution in [2.45, 2.75) is 39.2 Å². The second-order valence-corrected chi connectivity index (χ2v) is 4.60. The smallest absolute Gasteiger partial charge is 0.152 e. The maximum atomic E-state index is 11.7.